The predicted molar refractivity (Wildman–Crippen MR) is 72.7 cm³/mol. The summed E-state index contributed by atoms with van der Waals surface area (Å²) in [7, 11) is 0. The fourth-order valence-corrected chi connectivity index (χ4v) is 1.77. The number of para-hydroxylation sites is 1. The van der Waals surface area contributed by atoms with Gasteiger partial charge < -0.3 is 5.11 Å². The minimum absolute atomic E-state index is 0.0409. The second-order valence-electron chi connectivity index (χ2n) is 4.80. The van der Waals surface area contributed by atoms with Crippen LogP contribution in [0.15, 0.2) is 29.4 Å². The smallest absolute Gasteiger partial charge is 0.275 e. The van der Waals surface area contributed by atoms with Crippen molar-refractivity contribution in [3.8, 4) is 5.75 Å². The van der Waals surface area contributed by atoms with Gasteiger partial charge in [0.25, 0.3) is 5.91 Å². The monoisotopic (exact) mass is 248 g/mol. The molecule has 0 unspecified atom stereocenters. The minimum Gasteiger partial charge on any atom is -0.507 e. The summed E-state index contributed by atoms with van der Waals surface area (Å²) in [6.45, 7) is 8.13. The zero-order chi connectivity index (χ0) is 13.7. The van der Waals surface area contributed by atoms with E-state index in [-0.39, 0.29) is 23.1 Å². The van der Waals surface area contributed by atoms with E-state index in [9.17, 15) is 9.90 Å². The number of nitrogens with one attached hydrogen (secondary N) is 1. The second kappa shape index (κ2) is 6.19. The number of carbonyl (C=O) groups excluding carboxylic acids is 1. The van der Waals surface area contributed by atoms with Crippen LogP contribution in [0.5, 0.6) is 5.75 Å². The highest BCUT2D eigenvalue weighted by Crippen LogP contribution is 2.15. The first-order valence-electron chi connectivity index (χ1n) is 6.09. The number of hydrogen-bond donors (Lipinski definition) is 2. The molecule has 0 spiro atoms. The van der Waals surface area contributed by atoms with Crippen molar-refractivity contribution in [2.24, 2.45) is 16.9 Å². The van der Waals surface area contributed by atoms with E-state index >= 15 is 0 Å². The largest absolute Gasteiger partial charge is 0.507 e. The lowest BCUT2D eigenvalue weighted by molar-refractivity contribution is 0.0952. The molecule has 1 amide bonds. The van der Waals surface area contributed by atoms with Gasteiger partial charge in [-0.2, -0.15) is 5.10 Å². The Balaban J connectivity index is 2.83. The Bertz CT molecular complexity index is 441. The molecule has 0 bridgehead atoms. The molecular weight excluding hydrogens is 228 g/mol. The van der Waals surface area contributed by atoms with Gasteiger partial charge in [-0.25, -0.2) is 5.43 Å². The van der Waals surface area contributed by atoms with Gasteiger partial charge in [-0.3, -0.25) is 4.79 Å². The van der Waals surface area contributed by atoms with Crippen LogP contribution in [0.4, 0.5) is 0 Å². The standard InChI is InChI=1S/C14H20N2O2/c1-9(2)13(10(3)4)15-16-14(18)11-7-5-6-8-12(11)17/h5-10,17H,1-4H3,(H,16,18). The molecule has 1 aromatic carbocycles. The summed E-state index contributed by atoms with van der Waals surface area (Å²) in [5.41, 5.74) is 3.65. The molecule has 0 aromatic heterocycles. The van der Waals surface area contributed by atoms with E-state index in [1.165, 1.54) is 6.07 Å². The lowest BCUT2D eigenvalue weighted by Crippen LogP contribution is -2.24. The first-order valence-corrected chi connectivity index (χ1v) is 6.09. The molecule has 0 heterocycles. The van der Waals surface area contributed by atoms with E-state index in [0.29, 0.717) is 0 Å². The maximum absolute atomic E-state index is 11.8. The molecule has 18 heavy (non-hydrogen) atoms. The third-order valence-electron chi connectivity index (χ3n) is 2.62. The average Bonchev–Trinajstić information content (AvgIpc) is 2.28. The molecule has 0 fully saturated rings. The minimum atomic E-state index is -0.396. The van der Waals surface area contributed by atoms with Gasteiger partial charge in [0.1, 0.15) is 5.75 Å². The third-order valence-corrected chi connectivity index (χ3v) is 2.62. The number of benzene rings is 1. The predicted octanol–water partition coefficient (Wildman–Crippen LogP) is 2.79. The number of phenols is 1. The van der Waals surface area contributed by atoms with Crippen LogP contribution < -0.4 is 5.43 Å². The van der Waals surface area contributed by atoms with E-state index in [2.05, 4.69) is 10.5 Å². The van der Waals surface area contributed by atoms with Crippen LogP contribution in [0.2, 0.25) is 0 Å². The summed E-state index contributed by atoms with van der Waals surface area (Å²) in [5.74, 6) is 0.108. The number of amides is 1. The van der Waals surface area contributed by atoms with Gasteiger partial charge in [0.15, 0.2) is 0 Å². The topological polar surface area (TPSA) is 61.7 Å². The SMILES string of the molecule is CC(C)C(=NNC(=O)c1ccccc1O)C(C)C. The van der Waals surface area contributed by atoms with Crippen molar-refractivity contribution in [1.29, 1.82) is 0 Å². The highest BCUT2D eigenvalue weighted by molar-refractivity contribution is 5.98. The van der Waals surface area contributed by atoms with Crippen LogP contribution in [0.25, 0.3) is 0 Å². The van der Waals surface area contributed by atoms with Gasteiger partial charge in [-0.05, 0) is 24.0 Å². The molecule has 0 aliphatic rings. The van der Waals surface area contributed by atoms with Crippen molar-refractivity contribution in [2.75, 3.05) is 0 Å². The molecular formula is C14H20N2O2. The molecule has 98 valence electrons. The number of hydrazone groups is 1. The molecule has 1 aromatic rings. The first kappa shape index (κ1) is 14.2. The van der Waals surface area contributed by atoms with Crippen molar-refractivity contribution in [2.45, 2.75) is 27.7 Å². The number of aromatic hydroxyl groups is 1. The van der Waals surface area contributed by atoms with E-state index in [1.807, 2.05) is 27.7 Å². The van der Waals surface area contributed by atoms with E-state index in [4.69, 9.17) is 0 Å². The Kier molecular flexibility index (Phi) is 4.89. The summed E-state index contributed by atoms with van der Waals surface area (Å²) in [5, 5.41) is 13.7. The Morgan fingerprint density at radius 3 is 2.22 bits per heavy atom. The molecule has 0 saturated heterocycles. The summed E-state index contributed by atoms with van der Waals surface area (Å²) >= 11 is 0. The normalized spacial score (nSPS) is 10.6. The van der Waals surface area contributed by atoms with Crippen LogP contribution >= 0.6 is 0 Å². The van der Waals surface area contributed by atoms with Gasteiger partial charge in [0.2, 0.25) is 0 Å². The zero-order valence-electron chi connectivity index (χ0n) is 11.3. The number of phenolic OH excluding ortho intramolecular Hbond substituents is 1. The maximum Gasteiger partial charge on any atom is 0.275 e. The molecule has 0 aliphatic heterocycles. The molecule has 0 saturated carbocycles. The van der Waals surface area contributed by atoms with Gasteiger partial charge in [-0.15, -0.1) is 0 Å². The van der Waals surface area contributed by atoms with E-state index in [1.54, 1.807) is 18.2 Å². The highest BCUT2D eigenvalue weighted by atomic mass is 16.3. The summed E-state index contributed by atoms with van der Waals surface area (Å²) in [6.07, 6.45) is 0. The van der Waals surface area contributed by atoms with E-state index in [0.717, 1.165) is 5.71 Å². The molecule has 4 heteroatoms. The number of nitrogens with zero attached hydrogens (tertiary/aromatic N) is 1. The van der Waals surface area contributed by atoms with Crippen LogP contribution in [-0.4, -0.2) is 16.7 Å². The maximum atomic E-state index is 11.8. The van der Waals surface area contributed by atoms with Crippen molar-refractivity contribution in [3.63, 3.8) is 0 Å². The molecule has 2 N–H and O–H groups in total. The van der Waals surface area contributed by atoms with E-state index < -0.39 is 5.91 Å². The van der Waals surface area contributed by atoms with Crippen molar-refractivity contribution >= 4 is 11.6 Å². The molecule has 0 atom stereocenters. The fourth-order valence-electron chi connectivity index (χ4n) is 1.77. The van der Waals surface area contributed by atoms with Crippen LogP contribution in [0, 0.1) is 11.8 Å². The summed E-state index contributed by atoms with van der Waals surface area (Å²) < 4.78 is 0. The van der Waals surface area contributed by atoms with Crippen LogP contribution in [0.1, 0.15) is 38.1 Å². The third kappa shape index (κ3) is 3.58. The van der Waals surface area contributed by atoms with Crippen molar-refractivity contribution in [3.05, 3.63) is 29.8 Å². The van der Waals surface area contributed by atoms with Gasteiger partial charge in [0, 0.05) is 5.71 Å². The Morgan fingerprint density at radius 1 is 1.17 bits per heavy atom. The lowest BCUT2D eigenvalue weighted by atomic mass is 9.98. The molecule has 1 rings (SSSR count). The van der Waals surface area contributed by atoms with Crippen molar-refractivity contribution in [1.82, 2.24) is 5.43 Å². The summed E-state index contributed by atoms with van der Waals surface area (Å²) in [4.78, 5) is 11.8. The average molecular weight is 248 g/mol. The quantitative estimate of drug-likeness (QED) is 0.635. The Hall–Kier alpha value is -1.84. The lowest BCUT2D eigenvalue weighted by Gasteiger charge is -2.13. The highest BCUT2D eigenvalue weighted by Gasteiger charge is 2.13. The summed E-state index contributed by atoms with van der Waals surface area (Å²) in [6, 6.07) is 6.40. The van der Waals surface area contributed by atoms with Crippen molar-refractivity contribution < 1.29 is 9.90 Å². The molecule has 4 nitrogen and oxygen atoms in total. The van der Waals surface area contributed by atoms with Crippen LogP contribution in [0.3, 0.4) is 0 Å². The Labute approximate surface area is 108 Å². The van der Waals surface area contributed by atoms with Gasteiger partial charge in [0.05, 0.1) is 5.56 Å². The second-order valence-corrected chi connectivity index (χ2v) is 4.80. The number of hydrogen-bond acceptors (Lipinski definition) is 3. The first-order chi connectivity index (χ1) is 8.43. The fraction of sp³-hybridized carbons (Fsp3) is 0.429. The van der Waals surface area contributed by atoms with Gasteiger partial charge >= 0.3 is 0 Å². The Morgan fingerprint density at radius 2 is 1.72 bits per heavy atom. The molecule has 0 radical (unpaired) electrons. The zero-order valence-corrected chi connectivity index (χ0v) is 11.3. The molecule has 0 aliphatic carbocycles. The number of carbonyl (C=O) groups is 1. The van der Waals surface area contributed by atoms with Gasteiger partial charge in [-0.1, -0.05) is 39.8 Å². The van der Waals surface area contributed by atoms with Crippen LogP contribution in [-0.2, 0) is 0 Å². The number of rotatable bonds is 4.